The highest BCUT2D eigenvalue weighted by Crippen LogP contribution is 2.26. The summed E-state index contributed by atoms with van der Waals surface area (Å²) in [6.45, 7) is 0.566. The van der Waals surface area contributed by atoms with Gasteiger partial charge in [0.2, 0.25) is 5.91 Å². The number of halogens is 1. The van der Waals surface area contributed by atoms with Gasteiger partial charge in [0.05, 0.1) is 0 Å². The van der Waals surface area contributed by atoms with E-state index in [-0.39, 0.29) is 11.8 Å². The van der Waals surface area contributed by atoms with E-state index in [1.54, 1.807) is 0 Å². The van der Waals surface area contributed by atoms with Crippen molar-refractivity contribution in [3.63, 3.8) is 0 Å². The third kappa shape index (κ3) is 3.27. The lowest BCUT2D eigenvalue weighted by molar-refractivity contribution is -0.124. The van der Waals surface area contributed by atoms with Crippen LogP contribution >= 0.6 is 11.6 Å². The van der Waals surface area contributed by atoms with Crippen molar-refractivity contribution in [1.82, 2.24) is 5.32 Å². The van der Waals surface area contributed by atoms with Crippen molar-refractivity contribution in [3.8, 4) is 0 Å². The van der Waals surface area contributed by atoms with Gasteiger partial charge in [0.25, 0.3) is 0 Å². The van der Waals surface area contributed by atoms with E-state index in [1.807, 2.05) is 36.4 Å². The smallest absolute Gasteiger partial charge is 0.224 e. The average Bonchev–Trinajstić information content (AvgIpc) is 2.97. The SMILES string of the molecule is O=C(NCc1cccc(CCl)c1)C1Cc2ccccc2C1. The first-order valence-corrected chi connectivity index (χ1v) is 7.78. The molecular formula is C18H18ClNO. The lowest BCUT2D eigenvalue weighted by Gasteiger charge is -2.11. The molecule has 0 aliphatic heterocycles. The number of alkyl halides is 1. The molecule has 1 aliphatic rings. The molecule has 2 nitrogen and oxygen atoms in total. The molecule has 0 atom stereocenters. The number of benzene rings is 2. The minimum Gasteiger partial charge on any atom is -0.352 e. The van der Waals surface area contributed by atoms with Crippen LogP contribution in [0.1, 0.15) is 22.3 Å². The van der Waals surface area contributed by atoms with Crippen molar-refractivity contribution in [2.75, 3.05) is 0 Å². The molecule has 0 unspecified atom stereocenters. The molecule has 1 aliphatic carbocycles. The minimum atomic E-state index is 0.0682. The first kappa shape index (κ1) is 14.2. The predicted octanol–water partition coefficient (Wildman–Crippen LogP) is 3.46. The Morgan fingerprint density at radius 2 is 1.71 bits per heavy atom. The third-order valence-electron chi connectivity index (χ3n) is 4.03. The molecule has 1 N–H and O–H groups in total. The summed E-state index contributed by atoms with van der Waals surface area (Å²) in [5.74, 6) is 0.709. The molecule has 1 amide bonds. The molecule has 0 heterocycles. The van der Waals surface area contributed by atoms with Gasteiger partial charge in [-0.1, -0.05) is 48.5 Å². The Hall–Kier alpha value is -1.80. The number of nitrogens with one attached hydrogen (secondary N) is 1. The summed E-state index contributed by atoms with van der Waals surface area (Å²) in [7, 11) is 0. The maximum atomic E-state index is 12.3. The van der Waals surface area contributed by atoms with E-state index in [0.717, 1.165) is 24.0 Å². The molecule has 108 valence electrons. The molecule has 3 heteroatoms. The van der Waals surface area contributed by atoms with Crippen LogP contribution in [0, 0.1) is 5.92 Å². The lowest BCUT2D eigenvalue weighted by atomic mass is 10.1. The Bertz CT molecular complexity index is 628. The first-order valence-electron chi connectivity index (χ1n) is 7.24. The van der Waals surface area contributed by atoms with Crippen molar-refractivity contribution in [1.29, 1.82) is 0 Å². The maximum Gasteiger partial charge on any atom is 0.224 e. The third-order valence-corrected chi connectivity index (χ3v) is 4.34. The van der Waals surface area contributed by atoms with Gasteiger partial charge in [-0.3, -0.25) is 4.79 Å². The van der Waals surface area contributed by atoms with Gasteiger partial charge in [0.15, 0.2) is 0 Å². The van der Waals surface area contributed by atoms with Gasteiger partial charge in [0.1, 0.15) is 0 Å². The largest absolute Gasteiger partial charge is 0.352 e. The highest BCUT2D eigenvalue weighted by atomic mass is 35.5. The number of amides is 1. The Balaban J connectivity index is 1.58. The van der Waals surface area contributed by atoms with E-state index in [1.165, 1.54) is 11.1 Å². The van der Waals surface area contributed by atoms with Crippen LogP contribution in [0.3, 0.4) is 0 Å². The number of carbonyl (C=O) groups is 1. The van der Waals surface area contributed by atoms with Gasteiger partial charge in [-0.15, -0.1) is 11.6 Å². The standard InChI is InChI=1S/C18H18ClNO/c19-11-13-4-3-5-14(8-13)12-20-18(21)17-9-15-6-1-2-7-16(15)10-17/h1-8,17H,9-12H2,(H,20,21). The van der Waals surface area contributed by atoms with Crippen LogP contribution in [-0.4, -0.2) is 5.91 Å². The molecule has 0 fully saturated rings. The zero-order valence-corrected chi connectivity index (χ0v) is 12.6. The zero-order valence-electron chi connectivity index (χ0n) is 11.8. The summed E-state index contributed by atoms with van der Waals surface area (Å²) in [5, 5.41) is 3.05. The summed E-state index contributed by atoms with van der Waals surface area (Å²) in [6.07, 6.45) is 1.70. The van der Waals surface area contributed by atoms with Crippen LogP contribution in [-0.2, 0) is 30.1 Å². The van der Waals surface area contributed by atoms with Gasteiger partial charge < -0.3 is 5.32 Å². The van der Waals surface area contributed by atoms with Gasteiger partial charge in [-0.25, -0.2) is 0 Å². The molecular weight excluding hydrogens is 282 g/mol. The van der Waals surface area contributed by atoms with E-state index in [0.29, 0.717) is 12.4 Å². The van der Waals surface area contributed by atoms with E-state index in [4.69, 9.17) is 11.6 Å². The summed E-state index contributed by atoms with van der Waals surface area (Å²) in [6, 6.07) is 16.3. The van der Waals surface area contributed by atoms with Crippen molar-refractivity contribution < 1.29 is 4.79 Å². The fraction of sp³-hybridized carbons (Fsp3) is 0.278. The topological polar surface area (TPSA) is 29.1 Å². The average molecular weight is 300 g/mol. The second kappa shape index (κ2) is 6.31. The normalized spacial score (nSPS) is 14.0. The molecule has 0 radical (unpaired) electrons. The predicted molar refractivity (Wildman–Crippen MR) is 85.2 cm³/mol. The van der Waals surface area contributed by atoms with Crippen LogP contribution in [0.15, 0.2) is 48.5 Å². The number of carbonyl (C=O) groups excluding carboxylic acids is 1. The molecule has 0 saturated heterocycles. The monoisotopic (exact) mass is 299 g/mol. The molecule has 2 aromatic rings. The number of hydrogen-bond acceptors (Lipinski definition) is 1. The van der Waals surface area contributed by atoms with Crippen LogP contribution < -0.4 is 5.32 Å². The summed E-state index contributed by atoms with van der Waals surface area (Å²) in [4.78, 5) is 12.3. The molecule has 0 spiro atoms. The maximum absolute atomic E-state index is 12.3. The number of fused-ring (bicyclic) bond motifs is 1. The van der Waals surface area contributed by atoms with Crippen LogP contribution in [0.5, 0.6) is 0 Å². The molecule has 2 aromatic carbocycles. The molecule has 0 bridgehead atoms. The molecule has 0 aromatic heterocycles. The van der Waals surface area contributed by atoms with Crippen molar-refractivity contribution >= 4 is 17.5 Å². The minimum absolute atomic E-state index is 0.0682. The van der Waals surface area contributed by atoms with E-state index in [2.05, 4.69) is 17.4 Å². The zero-order chi connectivity index (χ0) is 14.7. The second-order valence-electron chi connectivity index (χ2n) is 5.55. The van der Waals surface area contributed by atoms with Crippen molar-refractivity contribution in [2.45, 2.75) is 25.3 Å². The molecule has 21 heavy (non-hydrogen) atoms. The fourth-order valence-electron chi connectivity index (χ4n) is 2.90. The van der Waals surface area contributed by atoms with Crippen LogP contribution in [0.25, 0.3) is 0 Å². The van der Waals surface area contributed by atoms with Gasteiger partial charge in [-0.05, 0) is 35.1 Å². The Labute approximate surface area is 130 Å². The van der Waals surface area contributed by atoms with Crippen LogP contribution in [0.2, 0.25) is 0 Å². The van der Waals surface area contributed by atoms with E-state index < -0.39 is 0 Å². The number of hydrogen-bond donors (Lipinski definition) is 1. The van der Waals surface area contributed by atoms with Gasteiger partial charge in [0, 0.05) is 18.3 Å². The molecule has 3 rings (SSSR count). The first-order chi connectivity index (χ1) is 10.3. The van der Waals surface area contributed by atoms with E-state index >= 15 is 0 Å². The quantitative estimate of drug-likeness (QED) is 0.861. The second-order valence-corrected chi connectivity index (χ2v) is 5.81. The van der Waals surface area contributed by atoms with Crippen molar-refractivity contribution in [2.24, 2.45) is 5.92 Å². The number of rotatable bonds is 4. The van der Waals surface area contributed by atoms with Crippen LogP contribution in [0.4, 0.5) is 0 Å². The lowest BCUT2D eigenvalue weighted by Crippen LogP contribution is -2.30. The summed E-state index contributed by atoms with van der Waals surface area (Å²) in [5.41, 5.74) is 4.79. The summed E-state index contributed by atoms with van der Waals surface area (Å²) < 4.78 is 0. The van der Waals surface area contributed by atoms with Gasteiger partial charge in [-0.2, -0.15) is 0 Å². The van der Waals surface area contributed by atoms with Gasteiger partial charge >= 0.3 is 0 Å². The fourth-order valence-corrected chi connectivity index (χ4v) is 3.07. The highest BCUT2D eigenvalue weighted by Gasteiger charge is 2.26. The van der Waals surface area contributed by atoms with Crippen molar-refractivity contribution in [3.05, 3.63) is 70.8 Å². The Morgan fingerprint density at radius 3 is 2.38 bits per heavy atom. The molecule has 0 saturated carbocycles. The van der Waals surface area contributed by atoms with E-state index in [9.17, 15) is 4.79 Å². The summed E-state index contributed by atoms with van der Waals surface area (Å²) >= 11 is 5.83. The Morgan fingerprint density at radius 1 is 1.05 bits per heavy atom. The Kier molecular flexibility index (Phi) is 4.26. The highest BCUT2D eigenvalue weighted by molar-refractivity contribution is 6.17.